The second-order valence-corrected chi connectivity index (χ2v) is 4.81. The summed E-state index contributed by atoms with van der Waals surface area (Å²) >= 11 is 0. The molecule has 1 aliphatic carbocycles. The molecule has 1 aliphatic rings. The van der Waals surface area contributed by atoms with Gasteiger partial charge in [-0.25, -0.2) is 0 Å². The Morgan fingerprint density at radius 1 is 1.43 bits per heavy atom. The van der Waals surface area contributed by atoms with Gasteiger partial charge in [0.15, 0.2) is 6.61 Å². The molecule has 1 aromatic carbocycles. The smallest absolute Gasteiger partial charge is 0.257 e. The van der Waals surface area contributed by atoms with Crippen molar-refractivity contribution in [1.82, 2.24) is 5.32 Å². The lowest BCUT2D eigenvalue weighted by atomic mass is 10.1. The molecule has 1 amide bonds. The van der Waals surface area contributed by atoms with E-state index in [2.05, 4.69) is 10.5 Å². The quantitative estimate of drug-likeness (QED) is 0.451. The van der Waals surface area contributed by atoms with Gasteiger partial charge in [0.25, 0.3) is 5.91 Å². The van der Waals surface area contributed by atoms with E-state index in [4.69, 9.17) is 14.7 Å². The number of hydrogen-bond acceptors (Lipinski definition) is 5. The van der Waals surface area contributed by atoms with Gasteiger partial charge in [-0.3, -0.25) is 4.79 Å². The number of amides is 1. The second-order valence-electron chi connectivity index (χ2n) is 4.81. The minimum atomic E-state index is -0.155. The maximum Gasteiger partial charge on any atom is 0.257 e. The molecule has 0 aliphatic heterocycles. The molecule has 0 spiro atoms. The Morgan fingerprint density at radius 3 is 3.05 bits per heavy atom. The monoisotopic (exact) mass is 292 g/mol. The molecule has 114 valence electrons. The highest BCUT2D eigenvalue weighted by molar-refractivity contribution is 6.04. The van der Waals surface area contributed by atoms with Crippen molar-refractivity contribution in [3.8, 4) is 5.75 Å². The fourth-order valence-electron chi connectivity index (χ4n) is 2.35. The third-order valence-corrected chi connectivity index (χ3v) is 3.38. The third-order valence-electron chi connectivity index (χ3n) is 3.38. The van der Waals surface area contributed by atoms with Crippen molar-refractivity contribution in [2.24, 2.45) is 5.16 Å². The summed E-state index contributed by atoms with van der Waals surface area (Å²) in [6.07, 6.45) is 2.23. The normalized spacial score (nSPS) is 15.0. The average Bonchev–Trinajstić information content (AvgIpc) is 2.93. The van der Waals surface area contributed by atoms with E-state index in [1.54, 1.807) is 7.11 Å². The van der Waals surface area contributed by atoms with E-state index < -0.39 is 0 Å². The topological polar surface area (TPSA) is 80.2 Å². The molecule has 0 radical (unpaired) electrons. The molecule has 0 saturated carbocycles. The summed E-state index contributed by atoms with van der Waals surface area (Å²) in [5, 5.41) is 15.0. The highest BCUT2D eigenvalue weighted by atomic mass is 16.5. The summed E-state index contributed by atoms with van der Waals surface area (Å²) in [4.78, 5) is 11.7. The first kappa shape index (κ1) is 15.3. The molecule has 2 N–H and O–H groups in total. The Labute approximate surface area is 123 Å². The summed E-state index contributed by atoms with van der Waals surface area (Å²) in [7, 11) is 1.63. The molecule has 21 heavy (non-hydrogen) atoms. The van der Waals surface area contributed by atoms with E-state index in [1.165, 1.54) is 0 Å². The Morgan fingerprint density at radius 2 is 2.29 bits per heavy atom. The van der Waals surface area contributed by atoms with Crippen molar-refractivity contribution in [3.05, 3.63) is 29.3 Å². The maximum atomic E-state index is 11.7. The molecule has 6 nitrogen and oxygen atoms in total. The summed E-state index contributed by atoms with van der Waals surface area (Å²) in [5.74, 6) is 0.524. The first-order valence-electron chi connectivity index (χ1n) is 6.98. The molecule has 0 aromatic heterocycles. The van der Waals surface area contributed by atoms with Crippen LogP contribution in [0.3, 0.4) is 0 Å². The number of ether oxygens (including phenoxy) is 2. The SMILES string of the molecule is COCCCNC(=O)COc1cccc2c1CCC2=NO. The largest absolute Gasteiger partial charge is 0.483 e. The van der Waals surface area contributed by atoms with Crippen LogP contribution in [-0.4, -0.2) is 43.7 Å². The van der Waals surface area contributed by atoms with Gasteiger partial charge in [-0.1, -0.05) is 17.3 Å². The van der Waals surface area contributed by atoms with Crippen LogP contribution in [0, 0.1) is 0 Å². The molecule has 1 aromatic rings. The van der Waals surface area contributed by atoms with Crippen LogP contribution in [0.25, 0.3) is 0 Å². The Bertz CT molecular complexity index is 528. The Kier molecular flexibility index (Phi) is 5.57. The zero-order valence-corrected chi connectivity index (χ0v) is 12.1. The van der Waals surface area contributed by atoms with E-state index >= 15 is 0 Å². The van der Waals surface area contributed by atoms with Crippen LogP contribution in [0.1, 0.15) is 24.0 Å². The predicted octanol–water partition coefficient (Wildman–Crippen LogP) is 1.34. The number of nitrogens with one attached hydrogen (secondary N) is 1. The molecule has 0 heterocycles. The molecule has 2 rings (SSSR count). The third kappa shape index (κ3) is 3.95. The zero-order chi connectivity index (χ0) is 15.1. The zero-order valence-electron chi connectivity index (χ0n) is 12.1. The summed E-state index contributed by atoms with van der Waals surface area (Å²) in [6, 6.07) is 5.56. The molecule has 0 unspecified atom stereocenters. The van der Waals surface area contributed by atoms with E-state index in [9.17, 15) is 4.79 Å². The molecular formula is C15H20N2O4. The Hall–Kier alpha value is -2.08. The van der Waals surface area contributed by atoms with Gasteiger partial charge >= 0.3 is 0 Å². The Balaban J connectivity index is 1.87. The van der Waals surface area contributed by atoms with Gasteiger partial charge in [-0.2, -0.15) is 0 Å². The van der Waals surface area contributed by atoms with Crippen molar-refractivity contribution >= 4 is 11.6 Å². The standard InChI is InChI=1S/C15H20N2O4/c1-20-9-3-8-16-15(18)10-21-14-5-2-4-11-12(14)6-7-13(11)17-19/h2,4-5,19H,3,6-10H2,1H3,(H,16,18). The first-order chi connectivity index (χ1) is 10.3. The highest BCUT2D eigenvalue weighted by Crippen LogP contribution is 2.30. The van der Waals surface area contributed by atoms with Crippen LogP contribution in [0.5, 0.6) is 5.75 Å². The number of benzene rings is 1. The molecule has 0 fully saturated rings. The minimum absolute atomic E-state index is 0.0188. The van der Waals surface area contributed by atoms with Crippen LogP contribution in [0.4, 0.5) is 0 Å². The fourth-order valence-corrected chi connectivity index (χ4v) is 2.35. The van der Waals surface area contributed by atoms with E-state index in [0.717, 1.165) is 24.0 Å². The number of oxime groups is 1. The lowest BCUT2D eigenvalue weighted by Crippen LogP contribution is -2.30. The maximum absolute atomic E-state index is 11.7. The molecular weight excluding hydrogens is 272 g/mol. The minimum Gasteiger partial charge on any atom is -0.483 e. The van der Waals surface area contributed by atoms with Gasteiger partial charge in [0.1, 0.15) is 5.75 Å². The van der Waals surface area contributed by atoms with E-state index in [1.807, 2.05) is 18.2 Å². The molecule has 6 heteroatoms. The van der Waals surface area contributed by atoms with Gasteiger partial charge in [-0.15, -0.1) is 0 Å². The summed E-state index contributed by atoms with van der Waals surface area (Å²) < 4.78 is 10.5. The van der Waals surface area contributed by atoms with Crippen molar-refractivity contribution in [2.45, 2.75) is 19.3 Å². The number of nitrogens with zero attached hydrogens (tertiary/aromatic N) is 1. The lowest BCUT2D eigenvalue weighted by Gasteiger charge is -2.10. The number of hydrogen-bond donors (Lipinski definition) is 2. The van der Waals surface area contributed by atoms with Crippen LogP contribution >= 0.6 is 0 Å². The fraction of sp³-hybridized carbons (Fsp3) is 0.467. The van der Waals surface area contributed by atoms with Crippen molar-refractivity contribution in [3.63, 3.8) is 0 Å². The molecule has 0 saturated heterocycles. The summed E-state index contributed by atoms with van der Waals surface area (Å²) in [6.45, 7) is 1.18. The average molecular weight is 292 g/mol. The number of methoxy groups -OCH3 is 1. The summed E-state index contributed by atoms with van der Waals surface area (Å²) in [5.41, 5.74) is 2.56. The lowest BCUT2D eigenvalue weighted by molar-refractivity contribution is -0.123. The predicted molar refractivity (Wildman–Crippen MR) is 78.1 cm³/mol. The van der Waals surface area contributed by atoms with E-state index in [-0.39, 0.29) is 12.5 Å². The highest BCUT2D eigenvalue weighted by Gasteiger charge is 2.21. The van der Waals surface area contributed by atoms with Crippen molar-refractivity contribution in [2.75, 3.05) is 26.9 Å². The van der Waals surface area contributed by atoms with Crippen molar-refractivity contribution in [1.29, 1.82) is 0 Å². The second kappa shape index (κ2) is 7.64. The first-order valence-corrected chi connectivity index (χ1v) is 6.98. The number of carbonyl (C=O) groups excluding carboxylic acids is 1. The van der Waals surface area contributed by atoms with Crippen LogP contribution in [0.2, 0.25) is 0 Å². The van der Waals surface area contributed by atoms with Gasteiger partial charge < -0.3 is 20.0 Å². The van der Waals surface area contributed by atoms with Gasteiger partial charge in [-0.05, 0) is 25.3 Å². The molecule has 0 atom stereocenters. The number of fused-ring (bicyclic) bond motifs is 1. The number of carbonyl (C=O) groups is 1. The van der Waals surface area contributed by atoms with Crippen molar-refractivity contribution < 1.29 is 19.5 Å². The number of rotatable bonds is 7. The van der Waals surface area contributed by atoms with Crippen LogP contribution in [0.15, 0.2) is 23.4 Å². The van der Waals surface area contributed by atoms with E-state index in [0.29, 0.717) is 31.0 Å². The van der Waals surface area contributed by atoms with Crippen LogP contribution < -0.4 is 10.1 Å². The van der Waals surface area contributed by atoms with Gasteiger partial charge in [0.05, 0.1) is 5.71 Å². The van der Waals surface area contributed by atoms with Gasteiger partial charge in [0, 0.05) is 31.4 Å². The molecule has 0 bridgehead atoms. The van der Waals surface area contributed by atoms with Crippen LogP contribution in [-0.2, 0) is 16.0 Å². The van der Waals surface area contributed by atoms with Gasteiger partial charge in [0.2, 0.25) is 0 Å².